The lowest BCUT2D eigenvalue weighted by atomic mass is 9.89. The monoisotopic (exact) mass is 321 g/mol. The summed E-state index contributed by atoms with van der Waals surface area (Å²) in [4.78, 5) is 11.7. The van der Waals surface area contributed by atoms with Crippen LogP contribution in [0, 0.1) is 0 Å². The smallest absolute Gasteiger partial charge is 0.254 e. The minimum absolute atomic E-state index is 0.275. The van der Waals surface area contributed by atoms with Gasteiger partial charge in [-0.1, -0.05) is 90.5 Å². The fraction of sp³-hybridized carbons (Fsp3) is 0.0500. The van der Waals surface area contributed by atoms with E-state index in [2.05, 4.69) is 5.32 Å². The first kappa shape index (κ1) is 15.3. The van der Waals surface area contributed by atoms with E-state index in [4.69, 9.17) is 11.6 Å². The van der Waals surface area contributed by atoms with Crippen molar-refractivity contribution in [3.8, 4) is 0 Å². The number of para-hydroxylation sites is 1. The summed E-state index contributed by atoms with van der Waals surface area (Å²) >= 11 is 6.88. The van der Waals surface area contributed by atoms with Crippen LogP contribution in [0.5, 0.6) is 0 Å². The minimum atomic E-state index is -1.28. The molecule has 3 aromatic carbocycles. The zero-order valence-electron chi connectivity index (χ0n) is 12.4. The number of carbonyl (C=O) groups excluding carboxylic acids is 1. The molecule has 0 fully saturated rings. The number of amides is 1. The number of anilines is 1. The molecule has 3 rings (SSSR count). The number of hydrogen-bond donors (Lipinski definition) is 1. The van der Waals surface area contributed by atoms with Crippen LogP contribution >= 0.6 is 11.6 Å². The largest absolute Gasteiger partial charge is 0.324 e. The molecule has 0 aromatic heterocycles. The third-order valence-corrected chi connectivity index (χ3v) is 4.30. The molecular formula is C20H16ClNO. The Morgan fingerprint density at radius 1 is 0.696 bits per heavy atom. The number of rotatable bonds is 4. The van der Waals surface area contributed by atoms with Crippen LogP contribution in [0.15, 0.2) is 91.0 Å². The molecule has 0 spiro atoms. The lowest BCUT2D eigenvalue weighted by Gasteiger charge is -2.27. The second-order valence-electron chi connectivity index (χ2n) is 5.21. The van der Waals surface area contributed by atoms with Crippen LogP contribution < -0.4 is 5.32 Å². The van der Waals surface area contributed by atoms with Crippen molar-refractivity contribution >= 4 is 23.2 Å². The van der Waals surface area contributed by atoms with Gasteiger partial charge in [-0.25, -0.2) is 0 Å². The Morgan fingerprint density at radius 3 is 1.52 bits per heavy atom. The number of carbonyl (C=O) groups is 1. The van der Waals surface area contributed by atoms with Gasteiger partial charge in [0.2, 0.25) is 0 Å². The van der Waals surface area contributed by atoms with Crippen LogP contribution in [-0.4, -0.2) is 5.91 Å². The Bertz CT molecular complexity index is 733. The number of alkyl halides is 1. The summed E-state index contributed by atoms with van der Waals surface area (Å²) in [5.74, 6) is -0.275. The van der Waals surface area contributed by atoms with E-state index in [0.717, 1.165) is 16.8 Å². The van der Waals surface area contributed by atoms with Crippen LogP contribution in [0.1, 0.15) is 11.1 Å². The summed E-state index contributed by atoms with van der Waals surface area (Å²) in [6.07, 6.45) is 0. The van der Waals surface area contributed by atoms with Crippen molar-refractivity contribution in [1.82, 2.24) is 0 Å². The minimum Gasteiger partial charge on any atom is -0.324 e. The second kappa shape index (κ2) is 6.67. The van der Waals surface area contributed by atoms with Gasteiger partial charge in [0, 0.05) is 5.69 Å². The zero-order chi connectivity index (χ0) is 16.1. The van der Waals surface area contributed by atoms with Crippen LogP contribution in [0.2, 0.25) is 0 Å². The van der Waals surface area contributed by atoms with E-state index in [1.807, 2.05) is 91.0 Å². The Labute approximate surface area is 140 Å². The van der Waals surface area contributed by atoms with Gasteiger partial charge in [-0.05, 0) is 23.3 Å². The van der Waals surface area contributed by atoms with Crippen molar-refractivity contribution in [2.75, 3.05) is 5.32 Å². The molecular weight excluding hydrogens is 306 g/mol. The summed E-state index contributed by atoms with van der Waals surface area (Å²) in [5.41, 5.74) is 2.19. The van der Waals surface area contributed by atoms with E-state index in [1.165, 1.54) is 0 Å². The molecule has 114 valence electrons. The molecule has 0 aliphatic rings. The molecule has 1 amide bonds. The maximum atomic E-state index is 13.0. The van der Waals surface area contributed by atoms with Crippen molar-refractivity contribution in [2.45, 2.75) is 4.87 Å². The molecule has 3 heteroatoms. The van der Waals surface area contributed by atoms with Gasteiger partial charge in [-0.2, -0.15) is 0 Å². The molecule has 0 saturated heterocycles. The average Bonchev–Trinajstić information content (AvgIpc) is 2.63. The Morgan fingerprint density at radius 2 is 1.09 bits per heavy atom. The molecule has 3 aromatic rings. The molecule has 0 saturated carbocycles. The average molecular weight is 322 g/mol. The standard InChI is InChI=1S/C20H16ClNO/c21-20(16-10-4-1-5-11-16,17-12-6-2-7-13-17)19(23)22-18-14-8-3-9-15-18/h1-15H,(H,22,23). The molecule has 0 atom stereocenters. The lowest BCUT2D eigenvalue weighted by Crippen LogP contribution is -2.36. The third kappa shape index (κ3) is 3.13. The second-order valence-corrected chi connectivity index (χ2v) is 5.78. The van der Waals surface area contributed by atoms with Crippen LogP contribution in [0.4, 0.5) is 5.69 Å². The summed E-state index contributed by atoms with van der Waals surface area (Å²) in [6, 6.07) is 28.1. The summed E-state index contributed by atoms with van der Waals surface area (Å²) in [7, 11) is 0. The molecule has 2 nitrogen and oxygen atoms in total. The highest BCUT2D eigenvalue weighted by Gasteiger charge is 2.40. The number of nitrogens with one attached hydrogen (secondary N) is 1. The summed E-state index contributed by atoms with van der Waals surface area (Å²) in [6.45, 7) is 0. The molecule has 23 heavy (non-hydrogen) atoms. The Balaban J connectivity index is 2.04. The van der Waals surface area contributed by atoms with E-state index in [1.54, 1.807) is 0 Å². The first-order valence-corrected chi connectivity index (χ1v) is 7.75. The molecule has 0 radical (unpaired) electrons. The number of benzene rings is 3. The fourth-order valence-electron chi connectivity index (χ4n) is 2.50. The fourth-order valence-corrected chi connectivity index (χ4v) is 2.80. The van der Waals surface area contributed by atoms with Crippen LogP contribution in [0.25, 0.3) is 0 Å². The summed E-state index contributed by atoms with van der Waals surface area (Å²) in [5, 5.41) is 2.91. The molecule has 0 aliphatic heterocycles. The molecule has 0 bridgehead atoms. The zero-order valence-corrected chi connectivity index (χ0v) is 13.2. The lowest BCUT2D eigenvalue weighted by molar-refractivity contribution is -0.117. The molecule has 1 N–H and O–H groups in total. The normalized spacial score (nSPS) is 11.0. The van der Waals surface area contributed by atoms with Crippen molar-refractivity contribution in [1.29, 1.82) is 0 Å². The highest BCUT2D eigenvalue weighted by atomic mass is 35.5. The van der Waals surface area contributed by atoms with E-state index < -0.39 is 4.87 Å². The topological polar surface area (TPSA) is 29.1 Å². The highest BCUT2D eigenvalue weighted by molar-refractivity contribution is 6.38. The van der Waals surface area contributed by atoms with Gasteiger partial charge in [0.1, 0.15) is 0 Å². The molecule has 0 unspecified atom stereocenters. The van der Waals surface area contributed by atoms with Gasteiger partial charge in [-0.15, -0.1) is 0 Å². The van der Waals surface area contributed by atoms with Gasteiger partial charge in [0.05, 0.1) is 0 Å². The van der Waals surface area contributed by atoms with E-state index in [0.29, 0.717) is 0 Å². The van der Waals surface area contributed by atoms with E-state index in [9.17, 15) is 4.79 Å². The van der Waals surface area contributed by atoms with Gasteiger partial charge < -0.3 is 5.32 Å². The summed E-state index contributed by atoms with van der Waals surface area (Å²) < 4.78 is 0. The number of halogens is 1. The molecule has 0 heterocycles. The van der Waals surface area contributed by atoms with Gasteiger partial charge >= 0.3 is 0 Å². The van der Waals surface area contributed by atoms with Gasteiger partial charge in [0.15, 0.2) is 4.87 Å². The van der Waals surface area contributed by atoms with Gasteiger partial charge in [-0.3, -0.25) is 4.79 Å². The molecule has 0 aliphatic carbocycles. The van der Waals surface area contributed by atoms with E-state index >= 15 is 0 Å². The predicted octanol–water partition coefficient (Wildman–Crippen LogP) is 4.81. The first-order chi connectivity index (χ1) is 11.2. The van der Waals surface area contributed by atoms with Crippen molar-refractivity contribution in [2.24, 2.45) is 0 Å². The SMILES string of the molecule is O=C(Nc1ccccc1)C(Cl)(c1ccccc1)c1ccccc1. The van der Waals surface area contributed by atoms with Gasteiger partial charge in [0.25, 0.3) is 5.91 Å². The first-order valence-electron chi connectivity index (χ1n) is 7.38. The Hall–Kier alpha value is -2.58. The number of hydrogen-bond acceptors (Lipinski definition) is 1. The van der Waals surface area contributed by atoms with Crippen LogP contribution in [0.3, 0.4) is 0 Å². The quantitative estimate of drug-likeness (QED) is 0.687. The van der Waals surface area contributed by atoms with Crippen molar-refractivity contribution in [3.63, 3.8) is 0 Å². The predicted molar refractivity (Wildman–Crippen MR) is 94.6 cm³/mol. The van der Waals surface area contributed by atoms with Crippen molar-refractivity contribution in [3.05, 3.63) is 102 Å². The Kier molecular flexibility index (Phi) is 4.45. The highest BCUT2D eigenvalue weighted by Crippen LogP contribution is 2.37. The van der Waals surface area contributed by atoms with Crippen LogP contribution in [-0.2, 0) is 9.67 Å². The third-order valence-electron chi connectivity index (χ3n) is 3.69. The maximum absolute atomic E-state index is 13.0. The van der Waals surface area contributed by atoms with Crippen molar-refractivity contribution < 1.29 is 4.79 Å². The van der Waals surface area contributed by atoms with E-state index in [-0.39, 0.29) is 5.91 Å². The maximum Gasteiger partial charge on any atom is 0.254 e.